The first-order chi connectivity index (χ1) is 26.4. The van der Waals surface area contributed by atoms with E-state index >= 15 is 0 Å². The third-order valence-electron chi connectivity index (χ3n) is 9.13. The van der Waals surface area contributed by atoms with Crippen molar-refractivity contribution in [1.29, 1.82) is 0 Å². The average molecular weight is 802 g/mol. The van der Waals surface area contributed by atoms with Gasteiger partial charge in [0.2, 0.25) is 15.9 Å². The van der Waals surface area contributed by atoms with E-state index in [1.165, 1.54) is 15.5 Å². The molecule has 1 aliphatic rings. The Bertz CT molecular complexity index is 2260. The fourth-order valence-electron chi connectivity index (χ4n) is 6.43. The summed E-state index contributed by atoms with van der Waals surface area (Å²) in [6.45, 7) is 4.53. The van der Waals surface area contributed by atoms with Gasteiger partial charge in [-0.15, -0.1) is 11.3 Å². The SMILES string of the molecule is CCOc1ccc(-n2c(C(CCNS(=O)(=O)c3cccs3)N(CCN3CCOCC3)C(=O)Cc3ccc(C(F)(F)F)c(F)c3)nc3ccccc3c2=O)cc1. The van der Waals surface area contributed by atoms with Crippen LogP contribution in [0, 0.1) is 5.82 Å². The number of carbonyl (C=O) groups excluding carboxylic acids is 1. The minimum absolute atomic E-state index is 0.000560. The van der Waals surface area contributed by atoms with Crippen molar-refractivity contribution in [2.45, 2.75) is 36.2 Å². The van der Waals surface area contributed by atoms with Crippen LogP contribution in [0.25, 0.3) is 16.6 Å². The first-order valence-electron chi connectivity index (χ1n) is 17.6. The molecule has 0 bridgehead atoms. The number of hydrogen-bond acceptors (Lipinski definition) is 9. The van der Waals surface area contributed by atoms with E-state index < -0.39 is 51.5 Å². The van der Waals surface area contributed by atoms with Crippen LogP contribution in [0.4, 0.5) is 17.6 Å². The molecule has 1 amide bonds. The summed E-state index contributed by atoms with van der Waals surface area (Å²) >= 11 is 1.03. The molecule has 3 aromatic carbocycles. The number of benzene rings is 3. The summed E-state index contributed by atoms with van der Waals surface area (Å²) in [5.74, 6) is -1.44. The summed E-state index contributed by atoms with van der Waals surface area (Å²) in [4.78, 5) is 37.4. The Morgan fingerprint density at radius 3 is 2.47 bits per heavy atom. The molecular weight excluding hydrogens is 763 g/mol. The summed E-state index contributed by atoms with van der Waals surface area (Å²) in [7, 11) is -3.95. The first-order valence-corrected chi connectivity index (χ1v) is 20.0. The maximum atomic E-state index is 14.7. The number of rotatable bonds is 15. The van der Waals surface area contributed by atoms with Crippen LogP contribution in [0.3, 0.4) is 0 Å². The lowest BCUT2D eigenvalue weighted by molar-refractivity contribution is -0.140. The zero-order valence-corrected chi connectivity index (χ0v) is 31.4. The molecule has 1 saturated heterocycles. The third kappa shape index (κ3) is 9.59. The van der Waals surface area contributed by atoms with Gasteiger partial charge in [0.15, 0.2) is 0 Å². The van der Waals surface area contributed by atoms with E-state index in [4.69, 9.17) is 14.5 Å². The molecule has 55 heavy (non-hydrogen) atoms. The van der Waals surface area contributed by atoms with Crippen molar-refractivity contribution in [2.24, 2.45) is 0 Å². The zero-order valence-electron chi connectivity index (χ0n) is 29.8. The Kier molecular flexibility index (Phi) is 12.7. The van der Waals surface area contributed by atoms with Crippen LogP contribution in [-0.4, -0.2) is 86.2 Å². The number of fused-ring (bicyclic) bond motifs is 1. The van der Waals surface area contributed by atoms with E-state index in [0.29, 0.717) is 73.9 Å². The number of nitrogens with one attached hydrogen (secondary N) is 1. The summed E-state index contributed by atoms with van der Waals surface area (Å²) in [6.07, 6.45) is -5.48. The van der Waals surface area contributed by atoms with Crippen LogP contribution in [0.1, 0.15) is 36.3 Å². The van der Waals surface area contributed by atoms with Crippen molar-refractivity contribution in [3.8, 4) is 11.4 Å². The minimum atomic E-state index is -4.93. The van der Waals surface area contributed by atoms with E-state index in [1.54, 1.807) is 60.0 Å². The smallest absolute Gasteiger partial charge is 0.419 e. The van der Waals surface area contributed by atoms with Crippen LogP contribution in [0.15, 0.2) is 93.2 Å². The van der Waals surface area contributed by atoms with Crippen LogP contribution < -0.4 is 15.0 Å². The number of alkyl halides is 3. The number of nitrogens with zero attached hydrogens (tertiary/aromatic N) is 4. The Balaban J connectivity index is 1.47. The highest BCUT2D eigenvalue weighted by Crippen LogP contribution is 2.33. The van der Waals surface area contributed by atoms with Gasteiger partial charge in [-0.1, -0.05) is 24.3 Å². The van der Waals surface area contributed by atoms with E-state index in [2.05, 4.69) is 9.62 Å². The highest BCUT2D eigenvalue weighted by molar-refractivity contribution is 7.91. The Morgan fingerprint density at radius 1 is 1.05 bits per heavy atom. The van der Waals surface area contributed by atoms with Gasteiger partial charge in [0, 0.05) is 32.7 Å². The van der Waals surface area contributed by atoms with Gasteiger partial charge in [0.25, 0.3) is 5.56 Å². The molecule has 1 fully saturated rings. The van der Waals surface area contributed by atoms with Gasteiger partial charge in [0.05, 0.1) is 54.4 Å². The van der Waals surface area contributed by atoms with Gasteiger partial charge in [-0.3, -0.25) is 19.1 Å². The number of carbonyl (C=O) groups is 1. The second-order valence-electron chi connectivity index (χ2n) is 12.7. The van der Waals surface area contributed by atoms with Gasteiger partial charge in [-0.25, -0.2) is 22.5 Å². The summed E-state index contributed by atoms with van der Waals surface area (Å²) in [5, 5.41) is 1.92. The lowest BCUT2D eigenvalue weighted by Crippen LogP contribution is -2.46. The molecular formula is C38H39F4N5O6S2. The third-order valence-corrected chi connectivity index (χ3v) is 12.0. The van der Waals surface area contributed by atoms with Crippen LogP contribution in [0.5, 0.6) is 5.75 Å². The van der Waals surface area contributed by atoms with Gasteiger partial charge < -0.3 is 14.4 Å². The predicted octanol–water partition coefficient (Wildman–Crippen LogP) is 5.82. The fourth-order valence-corrected chi connectivity index (χ4v) is 8.51. The fraction of sp³-hybridized carbons (Fsp3) is 0.342. The molecule has 0 radical (unpaired) electrons. The zero-order chi connectivity index (χ0) is 39.2. The summed E-state index contributed by atoms with van der Waals surface area (Å²) < 4.78 is 96.5. The van der Waals surface area contributed by atoms with Crippen LogP contribution in [0.2, 0.25) is 0 Å². The molecule has 11 nitrogen and oxygen atoms in total. The molecule has 6 rings (SSSR count). The molecule has 1 unspecified atom stereocenters. The molecule has 2 aromatic heterocycles. The molecule has 1 N–H and O–H groups in total. The maximum Gasteiger partial charge on any atom is 0.419 e. The Labute approximate surface area is 319 Å². The summed E-state index contributed by atoms with van der Waals surface area (Å²) in [6, 6.07) is 17.8. The lowest BCUT2D eigenvalue weighted by atomic mass is 10.0. The number of amides is 1. The van der Waals surface area contributed by atoms with Crippen molar-refractivity contribution in [2.75, 3.05) is 52.5 Å². The number of para-hydroxylation sites is 1. The molecule has 1 aliphatic heterocycles. The molecule has 292 valence electrons. The van der Waals surface area contributed by atoms with Crippen LogP contribution >= 0.6 is 11.3 Å². The predicted molar refractivity (Wildman–Crippen MR) is 199 cm³/mol. The number of sulfonamides is 1. The Morgan fingerprint density at radius 2 is 1.80 bits per heavy atom. The van der Waals surface area contributed by atoms with Crippen molar-refractivity contribution in [3.63, 3.8) is 0 Å². The van der Waals surface area contributed by atoms with Crippen molar-refractivity contribution in [1.82, 2.24) is 24.1 Å². The molecule has 0 aliphatic carbocycles. The number of morpholine rings is 1. The summed E-state index contributed by atoms with van der Waals surface area (Å²) in [5.41, 5.74) is -1.17. The standard InChI is InChI=1S/C38H39F4N5O6S2/c1-2-53-28-12-10-27(11-13-28)47-36(44-32-7-4-3-6-29(32)37(47)49)33(15-16-43-55(50,51)35-8-5-23-54-35)46(18-17-45-19-21-52-22-20-45)34(48)25-26-9-14-30(31(39)24-26)38(40,41)42/h3-14,23-24,33,43H,2,15-22,25H2,1H3. The van der Waals surface area contributed by atoms with E-state index in [9.17, 15) is 35.6 Å². The number of hydrogen-bond donors (Lipinski definition) is 1. The molecule has 0 saturated carbocycles. The quantitative estimate of drug-likeness (QED) is 0.132. The van der Waals surface area contributed by atoms with Gasteiger partial charge >= 0.3 is 6.18 Å². The number of thiophene rings is 1. The highest BCUT2D eigenvalue weighted by Gasteiger charge is 2.35. The normalized spacial score (nSPS) is 14.6. The number of halogens is 4. The topological polar surface area (TPSA) is 123 Å². The van der Waals surface area contributed by atoms with E-state index in [1.807, 2.05) is 6.92 Å². The largest absolute Gasteiger partial charge is 0.494 e. The van der Waals surface area contributed by atoms with E-state index in [-0.39, 0.29) is 35.1 Å². The van der Waals surface area contributed by atoms with Crippen molar-refractivity contribution < 1.29 is 40.2 Å². The lowest BCUT2D eigenvalue weighted by Gasteiger charge is -2.35. The molecule has 0 spiro atoms. The molecule has 17 heteroatoms. The average Bonchev–Trinajstić information content (AvgIpc) is 3.72. The molecule has 3 heterocycles. The van der Waals surface area contributed by atoms with E-state index in [0.717, 1.165) is 17.4 Å². The minimum Gasteiger partial charge on any atom is -0.494 e. The van der Waals surface area contributed by atoms with Gasteiger partial charge in [-0.05, 0) is 78.9 Å². The second-order valence-corrected chi connectivity index (χ2v) is 15.7. The maximum absolute atomic E-state index is 14.7. The number of aromatic nitrogens is 2. The van der Waals surface area contributed by atoms with Crippen molar-refractivity contribution >= 4 is 38.2 Å². The first kappa shape index (κ1) is 40.0. The Hall–Kier alpha value is -4.68. The van der Waals surface area contributed by atoms with Crippen molar-refractivity contribution in [3.05, 3.63) is 117 Å². The molecule has 5 aromatic rings. The highest BCUT2D eigenvalue weighted by atomic mass is 32.2. The number of ether oxygens (including phenoxy) is 2. The van der Waals surface area contributed by atoms with Gasteiger partial charge in [-0.2, -0.15) is 13.2 Å². The van der Waals surface area contributed by atoms with Crippen LogP contribution in [-0.2, 0) is 32.2 Å². The molecule has 1 atom stereocenters. The second kappa shape index (κ2) is 17.4. The van der Waals surface area contributed by atoms with Gasteiger partial charge in [0.1, 0.15) is 21.6 Å². The monoisotopic (exact) mass is 801 g/mol.